The van der Waals surface area contributed by atoms with Gasteiger partial charge < -0.3 is 15.0 Å². The van der Waals surface area contributed by atoms with Crippen molar-refractivity contribution in [1.29, 1.82) is 0 Å². The molecular formula is C18H26N2O3S. The smallest absolute Gasteiger partial charge is 0.234 e. The molecule has 2 amide bonds. The maximum Gasteiger partial charge on any atom is 0.234 e. The van der Waals surface area contributed by atoms with Crippen LogP contribution in [0.1, 0.15) is 25.3 Å². The van der Waals surface area contributed by atoms with E-state index in [9.17, 15) is 9.59 Å². The summed E-state index contributed by atoms with van der Waals surface area (Å²) < 4.78 is 5.59. The van der Waals surface area contributed by atoms with E-state index in [0.29, 0.717) is 18.8 Å². The third-order valence-corrected chi connectivity index (χ3v) is 4.89. The van der Waals surface area contributed by atoms with Crippen LogP contribution in [0.4, 0.5) is 5.69 Å². The summed E-state index contributed by atoms with van der Waals surface area (Å²) in [6, 6.07) is 7.67. The molecule has 1 fully saturated rings. The minimum atomic E-state index is -0.0844. The molecule has 132 valence electrons. The van der Waals surface area contributed by atoms with E-state index < -0.39 is 0 Å². The molecule has 0 unspecified atom stereocenters. The molecule has 0 bridgehead atoms. The number of amides is 2. The summed E-state index contributed by atoms with van der Waals surface area (Å²) in [6.07, 6.45) is 2.27. The lowest BCUT2D eigenvalue weighted by Crippen LogP contribution is -2.38. The van der Waals surface area contributed by atoms with Gasteiger partial charge in [-0.3, -0.25) is 9.59 Å². The Morgan fingerprint density at radius 2 is 2.04 bits per heavy atom. The number of carbonyl (C=O) groups is 2. The number of benzene rings is 1. The van der Waals surface area contributed by atoms with Crippen LogP contribution in [-0.2, 0) is 14.3 Å². The molecule has 0 saturated carbocycles. The van der Waals surface area contributed by atoms with Crippen LogP contribution >= 0.6 is 11.8 Å². The van der Waals surface area contributed by atoms with E-state index in [0.717, 1.165) is 30.7 Å². The first-order chi connectivity index (χ1) is 11.6. The predicted octanol–water partition coefficient (Wildman–Crippen LogP) is 2.69. The number of likely N-dealkylation sites (N-methyl/N-ethyl adjacent to an activating group) is 1. The lowest BCUT2D eigenvalue weighted by Gasteiger charge is -2.23. The number of nitrogens with one attached hydrogen (secondary N) is 1. The zero-order valence-corrected chi connectivity index (χ0v) is 15.2. The van der Waals surface area contributed by atoms with Crippen LogP contribution in [0.2, 0.25) is 0 Å². The van der Waals surface area contributed by atoms with Crippen molar-refractivity contribution < 1.29 is 14.3 Å². The van der Waals surface area contributed by atoms with Crippen molar-refractivity contribution in [1.82, 2.24) is 4.90 Å². The van der Waals surface area contributed by atoms with Crippen molar-refractivity contribution in [2.75, 3.05) is 36.5 Å². The van der Waals surface area contributed by atoms with Gasteiger partial charge in [-0.2, -0.15) is 0 Å². The van der Waals surface area contributed by atoms with Gasteiger partial charge in [-0.05, 0) is 38.8 Å². The summed E-state index contributed by atoms with van der Waals surface area (Å²) >= 11 is 1.35. The minimum Gasteiger partial charge on any atom is -0.376 e. The normalized spacial score (nSPS) is 16.8. The van der Waals surface area contributed by atoms with Crippen LogP contribution in [0.15, 0.2) is 24.3 Å². The molecule has 1 aliphatic rings. The van der Waals surface area contributed by atoms with Gasteiger partial charge in [0.25, 0.3) is 0 Å². The molecule has 1 saturated heterocycles. The summed E-state index contributed by atoms with van der Waals surface area (Å²) in [5.41, 5.74) is 1.94. The number of carbonyl (C=O) groups excluding carboxylic acids is 2. The molecule has 1 aromatic carbocycles. The topological polar surface area (TPSA) is 58.6 Å². The highest BCUT2D eigenvalue weighted by molar-refractivity contribution is 8.00. The first-order valence-electron chi connectivity index (χ1n) is 8.42. The van der Waals surface area contributed by atoms with Gasteiger partial charge in [0.2, 0.25) is 11.8 Å². The second-order valence-corrected chi connectivity index (χ2v) is 6.96. The van der Waals surface area contributed by atoms with E-state index in [1.165, 1.54) is 11.8 Å². The number of hydrogen-bond donors (Lipinski definition) is 1. The maximum atomic E-state index is 12.3. The summed E-state index contributed by atoms with van der Waals surface area (Å²) in [4.78, 5) is 26.0. The number of thioether (sulfide) groups is 1. The van der Waals surface area contributed by atoms with Gasteiger partial charge in [0.1, 0.15) is 0 Å². The first-order valence-corrected chi connectivity index (χ1v) is 9.57. The number of nitrogens with zero attached hydrogens (tertiary/aromatic N) is 1. The van der Waals surface area contributed by atoms with Crippen molar-refractivity contribution in [3.63, 3.8) is 0 Å². The van der Waals surface area contributed by atoms with Crippen LogP contribution in [-0.4, -0.2) is 54.0 Å². The van der Waals surface area contributed by atoms with Crippen molar-refractivity contribution in [2.24, 2.45) is 0 Å². The van der Waals surface area contributed by atoms with Crippen LogP contribution < -0.4 is 5.32 Å². The Bertz CT molecular complexity index is 542. The molecule has 2 rings (SSSR count). The second-order valence-electron chi connectivity index (χ2n) is 5.97. The van der Waals surface area contributed by atoms with Crippen molar-refractivity contribution in [3.8, 4) is 0 Å². The van der Waals surface area contributed by atoms with E-state index in [4.69, 9.17) is 4.74 Å². The molecule has 1 atom stereocenters. The average Bonchev–Trinajstić information content (AvgIpc) is 3.07. The van der Waals surface area contributed by atoms with E-state index in [1.54, 1.807) is 0 Å². The average molecular weight is 350 g/mol. The lowest BCUT2D eigenvalue weighted by molar-refractivity contribution is -0.129. The molecule has 1 N–H and O–H groups in total. The number of ether oxygens (including phenoxy) is 1. The van der Waals surface area contributed by atoms with Crippen LogP contribution in [0, 0.1) is 6.92 Å². The predicted molar refractivity (Wildman–Crippen MR) is 98.4 cm³/mol. The fourth-order valence-electron chi connectivity index (χ4n) is 2.60. The van der Waals surface area contributed by atoms with Gasteiger partial charge in [0, 0.05) is 25.4 Å². The van der Waals surface area contributed by atoms with E-state index in [1.807, 2.05) is 43.0 Å². The Labute approximate surface area is 148 Å². The number of hydrogen-bond acceptors (Lipinski definition) is 4. The van der Waals surface area contributed by atoms with Gasteiger partial charge in [0.05, 0.1) is 17.6 Å². The zero-order valence-electron chi connectivity index (χ0n) is 14.4. The molecule has 0 radical (unpaired) electrons. The summed E-state index contributed by atoms with van der Waals surface area (Å²) in [6.45, 7) is 6.11. The van der Waals surface area contributed by atoms with E-state index in [-0.39, 0.29) is 23.7 Å². The second kappa shape index (κ2) is 9.69. The van der Waals surface area contributed by atoms with Crippen LogP contribution in [0.25, 0.3) is 0 Å². The molecule has 1 aliphatic heterocycles. The largest absolute Gasteiger partial charge is 0.376 e. The van der Waals surface area contributed by atoms with Gasteiger partial charge in [-0.25, -0.2) is 0 Å². The quantitative estimate of drug-likeness (QED) is 0.783. The summed E-state index contributed by atoms with van der Waals surface area (Å²) in [5.74, 6) is 0.582. The fraction of sp³-hybridized carbons (Fsp3) is 0.556. The Kier molecular flexibility index (Phi) is 7.59. The molecule has 0 aromatic heterocycles. The third-order valence-electron chi connectivity index (χ3n) is 3.98. The van der Waals surface area contributed by atoms with Crippen LogP contribution in [0.5, 0.6) is 0 Å². The van der Waals surface area contributed by atoms with Crippen molar-refractivity contribution in [2.45, 2.75) is 32.8 Å². The van der Waals surface area contributed by atoms with Crippen LogP contribution in [0.3, 0.4) is 0 Å². The molecule has 1 heterocycles. The SMILES string of the molecule is CCN(C[C@@H]1CCCO1)C(=O)CSCC(=O)Nc1ccc(C)cc1. The molecular weight excluding hydrogens is 324 g/mol. The van der Waals surface area contributed by atoms with Gasteiger partial charge in [0.15, 0.2) is 0 Å². The highest BCUT2D eigenvalue weighted by Gasteiger charge is 2.21. The highest BCUT2D eigenvalue weighted by Crippen LogP contribution is 2.14. The number of aryl methyl sites for hydroxylation is 1. The maximum absolute atomic E-state index is 12.3. The monoisotopic (exact) mass is 350 g/mol. The Balaban J connectivity index is 1.68. The van der Waals surface area contributed by atoms with Gasteiger partial charge >= 0.3 is 0 Å². The lowest BCUT2D eigenvalue weighted by atomic mass is 10.2. The van der Waals surface area contributed by atoms with E-state index >= 15 is 0 Å². The van der Waals surface area contributed by atoms with E-state index in [2.05, 4.69) is 5.32 Å². The summed E-state index contributed by atoms with van der Waals surface area (Å²) in [7, 11) is 0. The third kappa shape index (κ3) is 6.17. The molecule has 6 heteroatoms. The highest BCUT2D eigenvalue weighted by atomic mass is 32.2. The Hall–Kier alpha value is -1.53. The molecule has 5 nitrogen and oxygen atoms in total. The number of anilines is 1. The molecule has 0 spiro atoms. The summed E-state index contributed by atoms with van der Waals surface area (Å²) in [5, 5.41) is 2.84. The zero-order chi connectivity index (χ0) is 17.4. The first kappa shape index (κ1) is 18.8. The Morgan fingerprint density at radius 1 is 1.29 bits per heavy atom. The minimum absolute atomic E-state index is 0.0705. The van der Waals surface area contributed by atoms with Gasteiger partial charge in [-0.1, -0.05) is 17.7 Å². The number of rotatable bonds is 8. The van der Waals surface area contributed by atoms with Crippen molar-refractivity contribution in [3.05, 3.63) is 29.8 Å². The molecule has 24 heavy (non-hydrogen) atoms. The van der Waals surface area contributed by atoms with Gasteiger partial charge in [-0.15, -0.1) is 11.8 Å². The fourth-order valence-corrected chi connectivity index (χ4v) is 3.31. The standard InChI is InChI=1S/C18H26N2O3S/c1-3-20(11-16-5-4-10-23-16)18(22)13-24-12-17(21)19-15-8-6-14(2)7-9-15/h6-9,16H,3-5,10-13H2,1-2H3,(H,19,21)/t16-/m0/s1. The van der Waals surface area contributed by atoms with Crippen molar-refractivity contribution >= 4 is 29.3 Å². The Morgan fingerprint density at radius 3 is 2.67 bits per heavy atom. The molecule has 1 aromatic rings. The molecule has 0 aliphatic carbocycles.